The molecule has 0 unspecified atom stereocenters. The smallest absolute Gasteiger partial charge is 0.350 e. The lowest BCUT2D eigenvalue weighted by Crippen LogP contribution is -2.10. The van der Waals surface area contributed by atoms with Gasteiger partial charge < -0.3 is 19.5 Å². The lowest BCUT2D eigenvalue weighted by molar-refractivity contribution is -0.138. The van der Waals surface area contributed by atoms with Gasteiger partial charge in [0.15, 0.2) is 5.57 Å². The largest absolute Gasteiger partial charge is 0.465 e. The molecule has 0 spiro atoms. The van der Waals surface area contributed by atoms with Crippen molar-refractivity contribution in [2.24, 2.45) is 0 Å². The van der Waals surface area contributed by atoms with Crippen LogP contribution in [0.25, 0.3) is 0 Å². The topological polar surface area (TPSA) is 115 Å². The Bertz CT molecular complexity index is 745. The maximum Gasteiger partial charge on any atom is 0.350 e. The second-order valence-corrected chi connectivity index (χ2v) is 5.53. The molecular formula is C16H18N2O6S. The van der Waals surface area contributed by atoms with Gasteiger partial charge in [0, 0.05) is 6.20 Å². The minimum Gasteiger partial charge on any atom is -0.465 e. The average Bonchev–Trinajstić information content (AvgIpc) is 2.91. The zero-order chi connectivity index (χ0) is 19.0. The Morgan fingerprint density at radius 2 is 1.84 bits per heavy atom. The minimum atomic E-state index is -0.795. The maximum atomic E-state index is 12.2. The molecule has 0 aromatic carbocycles. The number of rotatable bonds is 7. The Morgan fingerprint density at radius 3 is 2.36 bits per heavy atom. The Kier molecular flexibility index (Phi) is 7.62. The van der Waals surface area contributed by atoms with E-state index < -0.39 is 17.9 Å². The second-order valence-electron chi connectivity index (χ2n) is 4.51. The molecule has 0 fully saturated rings. The summed E-state index contributed by atoms with van der Waals surface area (Å²) < 4.78 is 14.4. The number of carbonyl (C=O) groups is 3. The first-order valence-electron chi connectivity index (χ1n) is 7.33. The average molecular weight is 366 g/mol. The summed E-state index contributed by atoms with van der Waals surface area (Å²) >= 11 is 0.958. The normalized spacial score (nSPS) is 10.6. The molecule has 1 aromatic heterocycles. The number of nitriles is 1. The summed E-state index contributed by atoms with van der Waals surface area (Å²) in [7, 11) is 1.23. The van der Waals surface area contributed by atoms with Crippen LogP contribution in [0.1, 0.15) is 39.4 Å². The van der Waals surface area contributed by atoms with E-state index in [1.165, 1.54) is 7.11 Å². The van der Waals surface area contributed by atoms with Gasteiger partial charge in [-0.25, -0.2) is 14.4 Å². The fraction of sp³-hybridized carbons (Fsp3) is 0.375. The predicted molar refractivity (Wildman–Crippen MR) is 90.3 cm³/mol. The van der Waals surface area contributed by atoms with Crippen molar-refractivity contribution in [3.05, 3.63) is 27.8 Å². The molecule has 0 aliphatic heterocycles. The van der Waals surface area contributed by atoms with Gasteiger partial charge in [0.25, 0.3) is 0 Å². The first-order valence-corrected chi connectivity index (χ1v) is 8.15. The summed E-state index contributed by atoms with van der Waals surface area (Å²) in [5, 5.41) is 12.0. The SMILES string of the molecule is CCOC(=O)/C(C#N)=C/Nc1sc(C(=O)OC)c(C)c1C(=O)OCC. The number of thiophene rings is 1. The molecule has 0 saturated carbocycles. The van der Waals surface area contributed by atoms with Crippen LogP contribution in [-0.4, -0.2) is 38.2 Å². The van der Waals surface area contributed by atoms with Gasteiger partial charge in [0.1, 0.15) is 15.9 Å². The van der Waals surface area contributed by atoms with Crippen LogP contribution in [0.5, 0.6) is 0 Å². The number of methoxy groups -OCH3 is 1. The summed E-state index contributed by atoms with van der Waals surface area (Å²) in [5.41, 5.74) is 0.257. The van der Waals surface area contributed by atoms with Gasteiger partial charge >= 0.3 is 17.9 Å². The molecule has 0 amide bonds. The summed E-state index contributed by atoms with van der Waals surface area (Å²) in [6.45, 7) is 5.13. The Morgan fingerprint density at radius 1 is 1.20 bits per heavy atom. The summed E-state index contributed by atoms with van der Waals surface area (Å²) in [6, 6.07) is 1.71. The van der Waals surface area contributed by atoms with Crippen molar-refractivity contribution in [1.82, 2.24) is 0 Å². The van der Waals surface area contributed by atoms with Crippen LogP contribution < -0.4 is 5.32 Å². The summed E-state index contributed by atoms with van der Waals surface area (Å²) in [6.07, 6.45) is 1.12. The van der Waals surface area contributed by atoms with Gasteiger partial charge in [-0.3, -0.25) is 0 Å². The molecule has 1 heterocycles. The second kappa shape index (κ2) is 9.44. The molecule has 1 N–H and O–H groups in total. The van der Waals surface area contributed by atoms with Crippen LogP contribution in [0.4, 0.5) is 5.00 Å². The number of hydrogen-bond acceptors (Lipinski definition) is 9. The van der Waals surface area contributed by atoms with E-state index in [9.17, 15) is 14.4 Å². The first kappa shape index (κ1) is 20.2. The van der Waals surface area contributed by atoms with Crippen LogP contribution in [0, 0.1) is 18.3 Å². The first-order chi connectivity index (χ1) is 11.9. The molecule has 0 aliphatic rings. The Labute approximate surface area is 149 Å². The van der Waals surface area contributed by atoms with E-state index in [4.69, 9.17) is 19.5 Å². The van der Waals surface area contributed by atoms with Crippen LogP contribution in [0.3, 0.4) is 0 Å². The standard InChI is InChI=1S/C16H18N2O6S/c1-5-23-14(19)10(7-17)8-18-13-11(15(20)24-6-2)9(3)12(25-13)16(21)22-4/h8,18H,5-6H2,1-4H3/b10-8+. The van der Waals surface area contributed by atoms with E-state index >= 15 is 0 Å². The van der Waals surface area contributed by atoms with E-state index in [-0.39, 0.29) is 34.2 Å². The molecule has 8 nitrogen and oxygen atoms in total. The lowest BCUT2D eigenvalue weighted by atomic mass is 10.1. The quantitative estimate of drug-likeness (QED) is 0.338. The Balaban J connectivity index is 3.29. The van der Waals surface area contributed by atoms with Crippen LogP contribution in [-0.2, 0) is 19.0 Å². The lowest BCUT2D eigenvalue weighted by Gasteiger charge is -2.05. The highest BCUT2D eigenvalue weighted by Gasteiger charge is 2.26. The monoisotopic (exact) mass is 366 g/mol. The molecule has 25 heavy (non-hydrogen) atoms. The van der Waals surface area contributed by atoms with E-state index in [1.54, 1.807) is 26.8 Å². The molecule has 0 radical (unpaired) electrons. The number of nitrogens with one attached hydrogen (secondary N) is 1. The third-order valence-electron chi connectivity index (χ3n) is 2.96. The number of esters is 3. The van der Waals surface area contributed by atoms with Gasteiger partial charge in [-0.2, -0.15) is 5.26 Å². The molecular weight excluding hydrogens is 348 g/mol. The predicted octanol–water partition coefficient (Wildman–Crippen LogP) is 2.40. The number of carbonyl (C=O) groups excluding carboxylic acids is 3. The van der Waals surface area contributed by atoms with Gasteiger partial charge in [0.05, 0.1) is 25.9 Å². The van der Waals surface area contributed by atoms with Crippen molar-refractivity contribution in [3.8, 4) is 6.07 Å². The van der Waals surface area contributed by atoms with Crippen molar-refractivity contribution in [2.75, 3.05) is 25.6 Å². The number of hydrogen-bond donors (Lipinski definition) is 1. The number of ether oxygens (including phenoxy) is 3. The highest BCUT2D eigenvalue weighted by atomic mass is 32.1. The fourth-order valence-corrected chi connectivity index (χ4v) is 2.92. The van der Waals surface area contributed by atoms with Crippen molar-refractivity contribution in [3.63, 3.8) is 0 Å². The number of nitrogens with zero attached hydrogens (tertiary/aromatic N) is 1. The highest BCUT2D eigenvalue weighted by molar-refractivity contribution is 7.18. The highest BCUT2D eigenvalue weighted by Crippen LogP contribution is 2.34. The van der Waals surface area contributed by atoms with Crippen molar-refractivity contribution in [2.45, 2.75) is 20.8 Å². The van der Waals surface area contributed by atoms with Crippen molar-refractivity contribution < 1.29 is 28.6 Å². The van der Waals surface area contributed by atoms with Crippen LogP contribution >= 0.6 is 11.3 Å². The molecule has 0 aliphatic carbocycles. The zero-order valence-corrected chi connectivity index (χ0v) is 15.1. The molecule has 1 aromatic rings. The molecule has 0 bridgehead atoms. The minimum absolute atomic E-state index is 0.122. The third-order valence-corrected chi connectivity index (χ3v) is 4.16. The fourth-order valence-electron chi connectivity index (χ4n) is 1.84. The van der Waals surface area contributed by atoms with Crippen molar-refractivity contribution in [1.29, 1.82) is 5.26 Å². The molecule has 1 rings (SSSR count). The van der Waals surface area contributed by atoms with E-state index in [1.807, 2.05) is 0 Å². The van der Waals surface area contributed by atoms with E-state index in [0.717, 1.165) is 17.5 Å². The van der Waals surface area contributed by atoms with Crippen LogP contribution in [0.2, 0.25) is 0 Å². The van der Waals surface area contributed by atoms with Gasteiger partial charge in [0.2, 0.25) is 0 Å². The van der Waals surface area contributed by atoms with E-state index in [2.05, 4.69) is 5.32 Å². The molecule has 0 atom stereocenters. The maximum absolute atomic E-state index is 12.2. The van der Waals surface area contributed by atoms with E-state index in [0.29, 0.717) is 5.56 Å². The number of anilines is 1. The summed E-state index contributed by atoms with van der Waals surface area (Å²) in [5.74, 6) is -2.02. The van der Waals surface area contributed by atoms with Gasteiger partial charge in [-0.05, 0) is 26.3 Å². The Hall–Kier alpha value is -2.86. The third kappa shape index (κ3) is 4.81. The summed E-state index contributed by atoms with van der Waals surface area (Å²) in [4.78, 5) is 35.9. The molecule has 134 valence electrons. The van der Waals surface area contributed by atoms with Crippen molar-refractivity contribution >= 4 is 34.2 Å². The van der Waals surface area contributed by atoms with Gasteiger partial charge in [-0.15, -0.1) is 11.3 Å². The zero-order valence-electron chi connectivity index (χ0n) is 14.3. The molecule has 0 saturated heterocycles. The van der Waals surface area contributed by atoms with Crippen LogP contribution in [0.15, 0.2) is 11.8 Å². The molecule has 9 heteroatoms. The van der Waals surface area contributed by atoms with Gasteiger partial charge in [-0.1, -0.05) is 0 Å².